The van der Waals surface area contributed by atoms with Crippen LogP contribution in [0.1, 0.15) is 72.9 Å². The molecule has 0 unspecified atom stereocenters. The van der Waals surface area contributed by atoms with E-state index in [1.165, 1.54) is 0 Å². The lowest BCUT2D eigenvalue weighted by molar-refractivity contribution is -0.139. The van der Waals surface area contributed by atoms with E-state index < -0.39 is 29.4 Å². The van der Waals surface area contributed by atoms with E-state index in [2.05, 4.69) is 16.4 Å². The molecule has 1 aliphatic rings. The average molecular weight is 632 g/mol. The van der Waals surface area contributed by atoms with E-state index in [9.17, 15) is 33.0 Å². The molecule has 5 rings (SSSR count). The number of carboxylic acids is 2. The fourth-order valence-corrected chi connectivity index (χ4v) is 6.01. The number of halogens is 3. The number of aryl methyl sites for hydroxylation is 2. The lowest BCUT2D eigenvalue weighted by Gasteiger charge is -2.17. The van der Waals surface area contributed by atoms with E-state index >= 15 is 0 Å². The molecule has 1 fully saturated rings. The normalized spacial score (nSPS) is 13.3. The molecule has 6 nitrogen and oxygen atoms in total. The van der Waals surface area contributed by atoms with Crippen molar-refractivity contribution in [2.24, 2.45) is 5.41 Å². The molecule has 240 valence electrons. The zero-order valence-electron chi connectivity index (χ0n) is 25.7. The highest BCUT2D eigenvalue weighted by molar-refractivity contribution is 5.90. The number of para-hydroxylation sites is 1. The van der Waals surface area contributed by atoms with Crippen molar-refractivity contribution in [2.75, 3.05) is 6.61 Å². The first-order valence-corrected chi connectivity index (χ1v) is 15.5. The van der Waals surface area contributed by atoms with Gasteiger partial charge in [0.05, 0.1) is 18.5 Å². The van der Waals surface area contributed by atoms with Gasteiger partial charge in [0.15, 0.2) is 17.5 Å². The Kier molecular flexibility index (Phi) is 10.1. The summed E-state index contributed by atoms with van der Waals surface area (Å²) in [4.78, 5) is 22.8. The number of hydrogen-bond acceptors (Lipinski definition) is 3. The van der Waals surface area contributed by atoms with Crippen LogP contribution in [0.2, 0.25) is 0 Å². The van der Waals surface area contributed by atoms with Crippen LogP contribution in [0.3, 0.4) is 0 Å². The molecule has 2 N–H and O–H groups in total. The highest BCUT2D eigenvalue weighted by atomic mass is 19.2. The van der Waals surface area contributed by atoms with Gasteiger partial charge in [-0.2, -0.15) is 0 Å². The van der Waals surface area contributed by atoms with Gasteiger partial charge < -0.3 is 19.5 Å². The Bertz CT molecular complexity index is 1790. The third-order valence-corrected chi connectivity index (χ3v) is 8.63. The van der Waals surface area contributed by atoms with Crippen molar-refractivity contribution in [2.45, 2.75) is 71.3 Å². The van der Waals surface area contributed by atoms with Gasteiger partial charge in [-0.1, -0.05) is 24.0 Å². The second-order valence-electron chi connectivity index (χ2n) is 12.1. The van der Waals surface area contributed by atoms with Crippen molar-refractivity contribution in [3.05, 3.63) is 100.0 Å². The minimum Gasteiger partial charge on any atom is -0.494 e. The maximum absolute atomic E-state index is 13.4. The lowest BCUT2D eigenvalue weighted by Crippen LogP contribution is -2.17. The number of aromatic nitrogens is 1. The van der Waals surface area contributed by atoms with Crippen molar-refractivity contribution in [3.63, 3.8) is 0 Å². The van der Waals surface area contributed by atoms with Gasteiger partial charge in [-0.3, -0.25) is 9.59 Å². The molecule has 1 saturated carbocycles. The summed E-state index contributed by atoms with van der Waals surface area (Å²) in [6.07, 6.45) is 4.68. The summed E-state index contributed by atoms with van der Waals surface area (Å²) in [6, 6.07) is 15.3. The first kappa shape index (κ1) is 32.7. The largest absolute Gasteiger partial charge is 0.494 e. The van der Waals surface area contributed by atoms with Crippen LogP contribution < -0.4 is 4.74 Å². The van der Waals surface area contributed by atoms with E-state index in [1.807, 2.05) is 49.4 Å². The highest BCUT2D eigenvalue weighted by Gasteiger charge is 2.45. The van der Waals surface area contributed by atoms with Crippen molar-refractivity contribution >= 4 is 22.8 Å². The second kappa shape index (κ2) is 14.2. The van der Waals surface area contributed by atoms with Gasteiger partial charge in [0.2, 0.25) is 0 Å². The summed E-state index contributed by atoms with van der Waals surface area (Å²) in [5, 5.41) is 19.7. The van der Waals surface area contributed by atoms with E-state index in [0.717, 1.165) is 58.3 Å². The van der Waals surface area contributed by atoms with Gasteiger partial charge in [-0.05, 0) is 111 Å². The van der Waals surface area contributed by atoms with Crippen molar-refractivity contribution in [1.82, 2.24) is 4.57 Å². The molecule has 1 aliphatic carbocycles. The number of aliphatic carboxylic acids is 2. The second-order valence-corrected chi connectivity index (χ2v) is 12.1. The Morgan fingerprint density at radius 3 is 2.28 bits per heavy atom. The van der Waals surface area contributed by atoms with Crippen LogP contribution in [0, 0.1) is 41.6 Å². The number of carboxylic acid groups (broad SMARTS) is 2. The molecular weight excluding hydrogens is 595 g/mol. The Morgan fingerprint density at radius 2 is 1.63 bits per heavy atom. The topological polar surface area (TPSA) is 88.8 Å². The van der Waals surface area contributed by atoms with E-state index in [4.69, 9.17) is 4.74 Å². The number of fused-ring (bicyclic) bond motifs is 1. The van der Waals surface area contributed by atoms with Crippen LogP contribution in [0.5, 0.6) is 5.75 Å². The fraction of sp³-hybridized carbons (Fsp3) is 0.351. The summed E-state index contributed by atoms with van der Waals surface area (Å²) in [6.45, 7) is 3.00. The van der Waals surface area contributed by atoms with Crippen molar-refractivity contribution in [1.29, 1.82) is 0 Å². The van der Waals surface area contributed by atoms with Gasteiger partial charge in [0, 0.05) is 35.2 Å². The number of ether oxygens (including phenoxy) is 1. The molecule has 4 aromatic rings. The zero-order chi connectivity index (χ0) is 32.8. The van der Waals surface area contributed by atoms with Crippen LogP contribution in [0.25, 0.3) is 10.9 Å². The third-order valence-electron chi connectivity index (χ3n) is 8.63. The van der Waals surface area contributed by atoms with Gasteiger partial charge in [-0.15, -0.1) is 0 Å². The van der Waals surface area contributed by atoms with E-state index in [-0.39, 0.29) is 18.3 Å². The van der Waals surface area contributed by atoms with Gasteiger partial charge in [0.1, 0.15) is 5.75 Å². The first-order valence-electron chi connectivity index (χ1n) is 15.5. The number of rotatable bonds is 14. The molecule has 9 heteroatoms. The first-order chi connectivity index (χ1) is 22.0. The van der Waals surface area contributed by atoms with Gasteiger partial charge in [-0.25, -0.2) is 13.2 Å². The summed E-state index contributed by atoms with van der Waals surface area (Å²) in [5.41, 5.74) is 4.76. The fourth-order valence-electron chi connectivity index (χ4n) is 6.01. The van der Waals surface area contributed by atoms with Crippen LogP contribution in [0.4, 0.5) is 13.2 Å². The molecule has 0 spiro atoms. The maximum atomic E-state index is 13.4. The minimum atomic E-state index is -1.46. The summed E-state index contributed by atoms with van der Waals surface area (Å²) in [7, 11) is 0. The van der Waals surface area contributed by atoms with E-state index in [0.29, 0.717) is 56.6 Å². The summed E-state index contributed by atoms with van der Waals surface area (Å²) >= 11 is 0. The smallest absolute Gasteiger partial charge is 0.303 e. The van der Waals surface area contributed by atoms with Crippen LogP contribution in [0.15, 0.2) is 54.6 Å². The molecule has 0 aliphatic heterocycles. The number of carbonyl (C=O) groups is 2. The molecule has 3 aromatic carbocycles. The van der Waals surface area contributed by atoms with Gasteiger partial charge in [0.25, 0.3) is 0 Å². The van der Waals surface area contributed by atoms with Crippen molar-refractivity contribution in [3.8, 4) is 17.6 Å². The Balaban J connectivity index is 1.28. The zero-order valence-corrected chi connectivity index (χ0v) is 25.7. The Morgan fingerprint density at radius 1 is 0.913 bits per heavy atom. The summed E-state index contributed by atoms with van der Waals surface area (Å²) < 4.78 is 47.9. The predicted molar refractivity (Wildman–Crippen MR) is 168 cm³/mol. The van der Waals surface area contributed by atoms with Crippen LogP contribution in [-0.4, -0.2) is 33.3 Å². The molecule has 1 aromatic heterocycles. The Labute approximate surface area is 265 Å². The lowest BCUT2D eigenvalue weighted by atomic mass is 10.0. The molecule has 0 amide bonds. The SMILES string of the molecule is Cc1c(CCCC(=O)O)c2cccc(C#Cc3ccc(OCCCCc4cc(F)c(F)c(F)c4)cc3)c2n1CC1(CC(=O)O)CC1. The predicted octanol–water partition coefficient (Wildman–Crippen LogP) is 7.83. The summed E-state index contributed by atoms with van der Waals surface area (Å²) in [5.74, 6) is 1.74. The van der Waals surface area contributed by atoms with Crippen molar-refractivity contribution < 1.29 is 37.7 Å². The van der Waals surface area contributed by atoms with Crippen LogP contribution >= 0.6 is 0 Å². The molecule has 1 heterocycles. The number of benzene rings is 3. The highest BCUT2D eigenvalue weighted by Crippen LogP contribution is 2.51. The monoisotopic (exact) mass is 631 g/mol. The molecule has 0 saturated heterocycles. The van der Waals surface area contributed by atoms with Gasteiger partial charge >= 0.3 is 11.9 Å². The van der Waals surface area contributed by atoms with E-state index in [1.54, 1.807) is 0 Å². The number of unbranched alkanes of at least 4 members (excludes halogenated alkanes) is 1. The molecule has 0 bridgehead atoms. The molecule has 0 atom stereocenters. The number of nitrogens with zero attached hydrogens (tertiary/aromatic N) is 1. The Hall–Kier alpha value is -4.71. The third kappa shape index (κ3) is 7.92. The van der Waals surface area contributed by atoms with Crippen LogP contribution in [-0.2, 0) is 29.0 Å². The number of hydrogen-bond donors (Lipinski definition) is 2. The maximum Gasteiger partial charge on any atom is 0.303 e. The minimum absolute atomic E-state index is 0.0761. The standard InChI is InChI=1S/C37H36F3NO5/c1-24-29(8-5-10-33(42)43)30-9-4-7-27(36(30)41(24)23-37(17-18-37)22-34(44)45)14-11-25-12-15-28(16-13-25)46-19-3-2-6-26-20-31(38)35(40)32(39)21-26/h4,7,9,12-13,15-16,20-21H,2-3,5-6,8,10,17-19,22-23H2,1H3,(H,42,43)(H,44,45). The molecule has 0 radical (unpaired) electrons. The molecule has 46 heavy (non-hydrogen) atoms. The molecular formula is C37H36F3NO5. The average Bonchev–Trinajstić information content (AvgIpc) is 3.71. The quantitative estimate of drug-likeness (QED) is 0.0842.